The van der Waals surface area contributed by atoms with Gasteiger partial charge in [-0.25, -0.2) is 4.79 Å². The molecule has 0 saturated carbocycles. The molecule has 1 unspecified atom stereocenters. The Morgan fingerprint density at radius 2 is 1.66 bits per heavy atom. The molecule has 0 radical (unpaired) electrons. The minimum Gasteiger partial charge on any atom is -0.495 e. The number of anilines is 1. The summed E-state index contributed by atoms with van der Waals surface area (Å²) in [5.41, 5.74) is 2.04. The van der Waals surface area contributed by atoms with Gasteiger partial charge < -0.3 is 15.0 Å². The van der Waals surface area contributed by atoms with E-state index in [1.54, 1.807) is 7.11 Å². The van der Waals surface area contributed by atoms with Gasteiger partial charge in [0.15, 0.2) is 0 Å². The van der Waals surface area contributed by atoms with Gasteiger partial charge in [0.2, 0.25) is 5.91 Å². The number of para-hydroxylation sites is 2. The van der Waals surface area contributed by atoms with Crippen molar-refractivity contribution in [2.24, 2.45) is 0 Å². The number of hydrogen-bond acceptors (Lipinski definition) is 5. The summed E-state index contributed by atoms with van der Waals surface area (Å²) in [6.07, 6.45) is 0. The molecule has 7 heteroatoms. The largest absolute Gasteiger partial charge is 0.495 e. The van der Waals surface area contributed by atoms with Gasteiger partial charge in [-0.05, 0) is 24.6 Å². The zero-order valence-corrected chi connectivity index (χ0v) is 16.9. The van der Waals surface area contributed by atoms with Crippen LogP contribution in [-0.2, 0) is 11.3 Å². The van der Waals surface area contributed by atoms with Gasteiger partial charge in [0.1, 0.15) is 5.75 Å². The molecule has 29 heavy (non-hydrogen) atoms. The molecule has 0 aliphatic carbocycles. The average molecular weight is 396 g/mol. The highest BCUT2D eigenvalue weighted by atomic mass is 16.5. The number of nitrogens with one attached hydrogen (secondary N) is 2. The van der Waals surface area contributed by atoms with Crippen molar-refractivity contribution in [1.82, 2.24) is 15.5 Å². The third-order valence-electron chi connectivity index (χ3n) is 5.20. The van der Waals surface area contributed by atoms with Crippen LogP contribution in [0.2, 0.25) is 0 Å². The molecule has 1 aliphatic rings. The molecule has 0 spiro atoms. The fourth-order valence-electron chi connectivity index (χ4n) is 3.45. The molecule has 1 heterocycles. The van der Waals surface area contributed by atoms with Crippen molar-refractivity contribution in [3.05, 3.63) is 60.2 Å². The third-order valence-corrected chi connectivity index (χ3v) is 5.20. The Hall–Kier alpha value is -3.06. The minimum absolute atomic E-state index is 0.290. The lowest BCUT2D eigenvalue weighted by Crippen LogP contribution is -2.55. The zero-order valence-electron chi connectivity index (χ0n) is 16.9. The first-order valence-corrected chi connectivity index (χ1v) is 9.83. The predicted molar refractivity (Wildman–Crippen MR) is 113 cm³/mol. The van der Waals surface area contributed by atoms with E-state index in [0.717, 1.165) is 43.2 Å². The summed E-state index contributed by atoms with van der Waals surface area (Å²) in [7, 11) is 1.67. The van der Waals surface area contributed by atoms with E-state index >= 15 is 0 Å². The number of imide groups is 1. The molecule has 1 fully saturated rings. The molecule has 2 aromatic carbocycles. The number of carbonyl (C=O) groups excluding carboxylic acids is 2. The Labute approximate surface area is 171 Å². The second-order valence-corrected chi connectivity index (χ2v) is 7.03. The molecular weight excluding hydrogens is 368 g/mol. The minimum atomic E-state index is -0.474. The molecule has 154 valence electrons. The van der Waals surface area contributed by atoms with E-state index in [-0.39, 0.29) is 11.9 Å². The number of nitrogens with zero attached hydrogens (tertiary/aromatic N) is 2. The molecule has 1 saturated heterocycles. The van der Waals surface area contributed by atoms with Crippen molar-refractivity contribution >= 4 is 17.6 Å². The summed E-state index contributed by atoms with van der Waals surface area (Å²) >= 11 is 0. The monoisotopic (exact) mass is 396 g/mol. The summed E-state index contributed by atoms with van der Waals surface area (Å²) in [5, 5.41) is 5.16. The quantitative estimate of drug-likeness (QED) is 0.783. The number of hydrogen-bond donors (Lipinski definition) is 2. The normalized spacial score (nSPS) is 15.4. The Bertz CT molecular complexity index is 820. The second kappa shape index (κ2) is 9.93. The molecule has 7 nitrogen and oxygen atoms in total. The Balaban J connectivity index is 1.46. The highest BCUT2D eigenvalue weighted by Crippen LogP contribution is 2.28. The van der Waals surface area contributed by atoms with Crippen LogP contribution >= 0.6 is 0 Å². The van der Waals surface area contributed by atoms with Gasteiger partial charge in [-0.3, -0.25) is 15.0 Å². The van der Waals surface area contributed by atoms with Gasteiger partial charge in [0.25, 0.3) is 0 Å². The summed E-state index contributed by atoms with van der Waals surface area (Å²) in [4.78, 5) is 28.9. The number of piperazine rings is 1. The number of methoxy groups -OCH3 is 1. The maximum Gasteiger partial charge on any atom is 0.321 e. The van der Waals surface area contributed by atoms with E-state index in [2.05, 4.69) is 20.4 Å². The van der Waals surface area contributed by atoms with Gasteiger partial charge in [0.05, 0.1) is 18.8 Å². The molecule has 3 amide bonds. The molecule has 1 aliphatic heterocycles. The predicted octanol–water partition coefficient (Wildman–Crippen LogP) is 2.23. The van der Waals surface area contributed by atoms with Crippen LogP contribution in [0.3, 0.4) is 0 Å². The molecule has 0 aromatic heterocycles. The number of rotatable bonds is 6. The SMILES string of the molecule is COc1ccccc1N1CCN(C(C)C(=O)NC(=O)NCc2ccccc2)CC1. The van der Waals surface area contributed by atoms with Crippen LogP contribution in [0.4, 0.5) is 10.5 Å². The molecule has 1 atom stereocenters. The van der Waals surface area contributed by atoms with Crippen molar-refractivity contribution in [3.63, 3.8) is 0 Å². The molecule has 2 aromatic rings. The lowest BCUT2D eigenvalue weighted by atomic mass is 10.2. The van der Waals surface area contributed by atoms with Crippen LogP contribution in [0, 0.1) is 0 Å². The first-order chi connectivity index (χ1) is 14.1. The van der Waals surface area contributed by atoms with Crippen LogP contribution in [0.1, 0.15) is 12.5 Å². The van der Waals surface area contributed by atoms with E-state index in [0.29, 0.717) is 6.54 Å². The summed E-state index contributed by atoms with van der Waals surface area (Å²) in [6, 6.07) is 16.7. The van der Waals surface area contributed by atoms with Crippen LogP contribution < -0.4 is 20.3 Å². The zero-order chi connectivity index (χ0) is 20.6. The fraction of sp³-hybridized carbons (Fsp3) is 0.364. The van der Waals surface area contributed by atoms with E-state index in [1.807, 2.05) is 61.5 Å². The van der Waals surface area contributed by atoms with Crippen molar-refractivity contribution in [2.75, 3.05) is 38.2 Å². The summed E-state index contributed by atoms with van der Waals surface area (Å²) in [5.74, 6) is 0.558. The number of carbonyl (C=O) groups is 2. The van der Waals surface area contributed by atoms with Crippen molar-refractivity contribution < 1.29 is 14.3 Å². The van der Waals surface area contributed by atoms with E-state index in [1.165, 1.54) is 0 Å². The fourth-order valence-corrected chi connectivity index (χ4v) is 3.45. The van der Waals surface area contributed by atoms with Crippen molar-refractivity contribution in [3.8, 4) is 5.75 Å². The standard InChI is InChI=1S/C22H28N4O3/c1-17(21(27)24-22(28)23-16-18-8-4-3-5-9-18)25-12-14-26(15-13-25)19-10-6-7-11-20(19)29-2/h3-11,17H,12-16H2,1-2H3,(H2,23,24,27,28). The molecule has 0 bridgehead atoms. The lowest BCUT2D eigenvalue weighted by Gasteiger charge is -2.38. The van der Waals surface area contributed by atoms with Crippen LogP contribution in [0.5, 0.6) is 5.75 Å². The van der Waals surface area contributed by atoms with Crippen molar-refractivity contribution in [2.45, 2.75) is 19.5 Å². The first-order valence-electron chi connectivity index (χ1n) is 9.83. The third kappa shape index (κ3) is 5.48. The number of benzene rings is 2. The van der Waals surface area contributed by atoms with E-state index in [9.17, 15) is 9.59 Å². The van der Waals surface area contributed by atoms with Gasteiger partial charge >= 0.3 is 6.03 Å². The highest BCUT2D eigenvalue weighted by Gasteiger charge is 2.27. The van der Waals surface area contributed by atoms with Crippen LogP contribution in [-0.4, -0.2) is 56.2 Å². The van der Waals surface area contributed by atoms with E-state index in [4.69, 9.17) is 4.74 Å². The number of amides is 3. The maximum atomic E-state index is 12.5. The van der Waals surface area contributed by atoms with Crippen LogP contribution in [0.15, 0.2) is 54.6 Å². The lowest BCUT2D eigenvalue weighted by molar-refractivity contribution is -0.124. The Morgan fingerprint density at radius 1 is 1.00 bits per heavy atom. The first kappa shape index (κ1) is 20.7. The Kier molecular flexibility index (Phi) is 7.08. The number of ether oxygens (including phenoxy) is 1. The Morgan fingerprint density at radius 3 is 2.34 bits per heavy atom. The van der Waals surface area contributed by atoms with Crippen LogP contribution in [0.25, 0.3) is 0 Å². The smallest absolute Gasteiger partial charge is 0.321 e. The second-order valence-electron chi connectivity index (χ2n) is 7.03. The summed E-state index contributed by atoms with van der Waals surface area (Å²) in [6.45, 7) is 5.26. The maximum absolute atomic E-state index is 12.5. The molecule has 3 rings (SSSR count). The van der Waals surface area contributed by atoms with Gasteiger partial charge in [-0.1, -0.05) is 42.5 Å². The highest BCUT2D eigenvalue weighted by molar-refractivity contribution is 5.96. The molecule has 2 N–H and O–H groups in total. The van der Waals surface area contributed by atoms with E-state index < -0.39 is 6.03 Å². The topological polar surface area (TPSA) is 73.9 Å². The average Bonchev–Trinajstić information content (AvgIpc) is 2.78. The number of urea groups is 1. The molecular formula is C22H28N4O3. The van der Waals surface area contributed by atoms with Gasteiger partial charge in [-0.2, -0.15) is 0 Å². The summed E-state index contributed by atoms with van der Waals surface area (Å²) < 4.78 is 5.45. The van der Waals surface area contributed by atoms with Gasteiger partial charge in [0, 0.05) is 32.7 Å². The van der Waals surface area contributed by atoms with Crippen molar-refractivity contribution in [1.29, 1.82) is 0 Å². The van der Waals surface area contributed by atoms with Gasteiger partial charge in [-0.15, -0.1) is 0 Å².